The Bertz CT molecular complexity index is 1210. The summed E-state index contributed by atoms with van der Waals surface area (Å²) < 4.78 is 18.7. The first kappa shape index (κ1) is 20.6. The summed E-state index contributed by atoms with van der Waals surface area (Å²) in [6.45, 7) is 5.60. The minimum absolute atomic E-state index is 0.101. The molecule has 3 aromatic rings. The van der Waals surface area contributed by atoms with Crippen molar-refractivity contribution in [2.75, 3.05) is 26.5 Å². The number of benzene rings is 1. The van der Waals surface area contributed by atoms with Crippen LogP contribution in [0.1, 0.15) is 50.0 Å². The van der Waals surface area contributed by atoms with Gasteiger partial charge in [-0.3, -0.25) is 9.69 Å². The first-order valence-corrected chi connectivity index (χ1v) is 11.7. The lowest BCUT2D eigenvalue weighted by Gasteiger charge is -2.36. The summed E-state index contributed by atoms with van der Waals surface area (Å²) in [5.74, 6) is 2.69. The third-order valence-electron chi connectivity index (χ3n) is 7.05. The second-order valence-electron chi connectivity index (χ2n) is 9.32. The predicted octanol–water partition coefficient (Wildman–Crippen LogP) is 2.24. The van der Waals surface area contributed by atoms with Crippen molar-refractivity contribution in [3.63, 3.8) is 0 Å². The van der Waals surface area contributed by atoms with E-state index in [9.17, 15) is 4.79 Å². The Morgan fingerprint density at radius 1 is 1.15 bits per heavy atom. The molecule has 2 atom stereocenters. The molecule has 10 heteroatoms. The summed E-state index contributed by atoms with van der Waals surface area (Å²) in [6.07, 6.45) is 4.30. The average Bonchev–Trinajstić information content (AvgIpc) is 3.57. The van der Waals surface area contributed by atoms with Crippen LogP contribution < -0.4 is 15.0 Å². The Morgan fingerprint density at radius 2 is 1.97 bits per heavy atom. The maximum absolute atomic E-state index is 13.4. The topological polar surface area (TPSA) is 107 Å². The summed E-state index contributed by atoms with van der Waals surface area (Å²) in [4.78, 5) is 18.8. The van der Waals surface area contributed by atoms with Gasteiger partial charge in [-0.1, -0.05) is 6.92 Å². The first-order valence-electron chi connectivity index (χ1n) is 11.7. The largest absolute Gasteiger partial charge is 0.454 e. The molecule has 0 saturated carbocycles. The number of fused-ring (bicyclic) bond motifs is 2. The molecule has 0 spiro atoms. The van der Waals surface area contributed by atoms with Crippen LogP contribution in [-0.2, 0) is 11.3 Å². The number of nitrogens with one attached hydrogen (secondary N) is 1. The molecule has 0 aliphatic carbocycles. The number of pyridine rings is 1. The second kappa shape index (κ2) is 8.42. The molecule has 10 nitrogen and oxygen atoms in total. The number of aromatic nitrogens is 5. The van der Waals surface area contributed by atoms with Gasteiger partial charge in [0.2, 0.25) is 6.79 Å². The zero-order valence-corrected chi connectivity index (χ0v) is 18.7. The van der Waals surface area contributed by atoms with Gasteiger partial charge >= 0.3 is 0 Å². The van der Waals surface area contributed by atoms with Gasteiger partial charge in [0.1, 0.15) is 6.04 Å². The molecule has 0 bridgehead atoms. The molecule has 1 N–H and O–H groups in total. The van der Waals surface area contributed by atoms with Crippen molar-refractivity contribution < 1.29 is 14.2 Å². The van der Waals surface area contributed by atoms with Gasteiger partial charge in [-0.25, -0.2) is 4.68 Å². The summed E-state index contributed by atoms with van der Waals surface area (Å²) in [5, 5.41) is 13.6. The molecule has 3 aliphatic heterocycles. The monoisotopic (exact) mass is 452 g/mol. The number of likely N-dealkylation sites (tertiary alicyclic amines) is 1. The lowest BCUT2D eigenvalue weighted by atomic mass is 9.95. The number of ether oxygens (including phenoxy) is 3. The average molecular weight is 453 g/mol. The van der Waals surface area contributed by atoms with E-state index in [4.69, 9.17) is 14.2 Å². The van der Waals surface area contributed by atoms with E-state index in [0.717, 1.165) is 56.3 Å². The van der Waals surface area contributed by atoms with Crippen molar-refractivity contribution in [2.24, 2.45) is 5.92 Å². The zero-order valence-electron chi connectivity index (χ0n) is 18.7. The third-order valence-corrected chi connectivity index (χ3v) is 7.05. The molecule has 0 amide bonds. The van der Waals surface area contributed by atoms with E-state index >= 15 is 0 Å². The smallest absolute Gasteiger partial charge is 0.253 e. The van der Waals surface area contributed by atoms with Crippen LogP contribution in [0.5, 0.6) is 11.5 Å². The highest BCUT2D eigenvalue weighted by molar-refractivity contribution is 5.83. The number of aromatic amines is 1. The maximum atomic E-state index is 13.4. The van der Waals surface area contributed by atoms with Gasteiger partial charge < -0.3 is 19.2 Å². The fraction of sp³-hybridized carbons (Fsp3) is 0.565. The van der Waals surface area contributed by atoms with Gasteiger partial charge in [0.15, 0.2) is 17.3 Å². The number of tetrazole rings is 1. The van der Waals surface area contributed by atoms with E-state index in [2.05, 4.69) is 32.3 Å². The highest BCUT2D eigenvalue weighted by Crippen LogP contribution is 2.37. The summed E-state index contributed by atoms with van der Waals surface area (Å²) in [5.41, 5.74) is 1.22. The van der Waals surface area contributed by atoms with E-state index in [1.54, 1.807) is 0 Å². The van der Waals surface area contributed by atoms with Crippen LogP contribution in [0.4, 0.5) is 0 Å². The quantitative estimate of drug-likeness (QED) is 0.628. The molecular formula is C23H28N6O4. The van der Waals surface area contributed by atoms with Crippen LogP contribution in [-0.4, -0.2) is 62.7 Å². The highest BCUT2D eigenvalue weighted by Gasteiger charge is 2.33. The standard InChI is InChI=1S/C23H28N6O4/c1-14-4-6-28(7-5-14)21(22-25-26-27-29(22)12-16-3-2-8-31-16)17-9-15-10-19-20(33-13-32-19)11-18(15)24-23(17)30/h9-11,14,16,21H,2-8,12-13H2,1H3,(H,24,30)/t16-,21+/m1/s1. The fourth-order valence-corrected chi connectivity index (χ4v) is 5.12. The van der Waals surface area contributed by atoms with Crippen molar-refractivity contribution in [1.29, 1.82) is 0 Å². The summed E-state index contributed by atoms with van der Waals surface area (Å²) in [7, 11) is 0. The van der Waals surface area contributed by atoms with Crippen molar-refractivity contribution in [3.8, 4) is 11.5 Å². The van der Waals surface area contributed by atoms with Crippen LogP contribution in [0.3, 0.4) is 0 Å². The molecule has 1 aromatic carbocycles. The van der Waals surface area contributed by atoms with E-state index in [1.807, 2.05) is 22.9 Å². The van der Waals surface area contributed by atoms with Crippen molar-refractivity contribution in [3.05, 3.63) is 39.9 Å². The van der Waals surface area contributed by atoms with Gasteiger partial charge in [0.25, 0.3) is 5.56 Å². The summed E-state index contributed by atoms with van der Waals surface area (Å²) >= 11 is 0. The Hall–Kier alpha value is -2.98. The molecular weight excluding hydrogens is 424 g/mol. The van der Waals surface area contributed by atoms with E-state index < -0.39 is 0 Å². The molecule has 2 saturated heterocycles. The van der Waals surface area contributed by atoms with Crippen molar-refractivity contribution in [1.82, 2.24) is 30.1 Å². The van der Waals surface area contributed by atoms with E-state index in [1.165, 1.54) is 0 Å². The zero-order chi connectivity index (χ0) is 22.4. The van der Waals surface area contributed by atoms with Gasteiger partial charge in [-0.05, 0) is 67.3 Å². The van der Waals surface area contributed by atoms with Gasteiger partial charge in [-0.2, -0.15) is 0 Å². The normalized spacial score (nSPS) is 22.3. The molecule has 5 heterocycles. The minimum Gasteiger partial charge on any atom is -0.454 e. The number of rotatable bonds is 5. The van der Waals surface area contributed by atoms with Crippen molar-refractivity contribution in [2.45, 2.75) is 51.3 Å². The lowest BCUT2D eigenvalue weighted by molar-refractivity contribution is 0.0894. The van der Waals surface area contributed by atoms with Crippen LogP contribution in [0.2, 0.25) is 0 Å². The maximum Gasteiger partial charge on any atom is 0.253 e. The third kappa shape index (κ3) is 3.87. The molecule has 2 fully saturated rings. The van der Waals surface area contributed by atoms with Gasteiger partial charge in [0.05, 0.1) is 18.2 Å². The molecule has 2 aromatic heterocycles. The Labute approximate surface area is 190 Å². The van der Waals surface area contributed by atoms with Crippen LogP contribution in [0.15, 0.2) is 23.0 Å². The highest BCUT2D eigenvalue weighted by atomic mass is 16.7. The summed E-state index contributed by atoms with van der Waals surface area (Å²) in [6, 6.07) is 5.35. The van der Waals surface area contributed by atoms with Crippen LogP contribution in [0, 0.1) is 5.92 Å². The SMILES string of the molecule is CC1CCN([C@@H](c2cc3cc4c(cc3[nH]c2=O)OCO4)c2nnnn2C[C@H]2CCCO2)CC1. The number of hydrogen-bond donors (Lipinski definition) is 1. The molecule has 6 rings (SSSR count). The predicted molar refractivity (Wildman–Crippen MR) is 119 cm³/mol. The molecule has 3 aliphatic rings. The van der Waals surface area contributed by atoms with E-state index in [0.29, 0.717) is 35.3 Å². The van der Waals surface area contributed by atoms with E-state index in [-0.39, 0.29) is 24.5 Å². The van der Waals surface area contributed by atoms with Gasteiger partial charge in [-0.15, -0.1) is 5.10 Å². The number of hydrogen-bond acceptors (Lipinski definition) is 8. The minimum atomic E-state index is -0.340. The first-order chi connectivity index (χ1) is 16.2. The number of nitrogens with zero attached hydrogens (tertiary/aromatic N) is 5. The Kier molecular flexibility index (Phi) is 5.26. The van der Waals surface area contributed by atoms with Crippen LogP contribution >= 0.6 is 0 Å². The number of piperidine rings is 1. The fourth-order valence-electron chi connectivity index (χ4n) is 5.12. The van der Waals surface area contributed by atoms with Gasteiger partial charge in [0, 0.05) is 23.6 Å². The Morgan fingerprint density at radius 3 is 2.76 bits per heavy atom. The Balaban J connectivity index is 1.44. The molecule has 0 unspecified atom stereocenters. The van der Waals surface area contributed by atoms with Crippen molar-refractivity contribution >= 4 is 10.9 Å². The molecule has 33 heavy (non-hydrogen) atoms. The van der Waals surface area contributed by atoms with Crippen LogP contribution in [0.25, 0.3) is 10.9 Å². The second-order valence-corrected chi connectivity index (χ2v) is 9.32. The molecule has 174 valence electrons. The molecule has 0 radical (unpaired) electrons. The lowest BCUT2D eigenvalue weighted by Crippen LogP contribution is -2.40. The number of H-pyrrole nitrogens is 1.